The lowest BCUT2D eigenvalue weighted by molar-refractivity contribution is 0.614. The molecule has 1 atom stereocenters. The minimum atomic E-state index is -0.322. The first-order valence-corrected chi connectivity index (χ1v) is 7.14. The molecule has 0 aliphatic rings. The zero-order chi connectivity index (χ0) is 14.9. The van der Waals surface area contributed by atoms with Gasteiger partial charge in [0.1, 0.15) is 5.82 Å². The third-order valence-corrected chi connectivity index (χ3v) is 3.86. The Kier molecular flexibility index (Phi) is 4.92. The van der Waals surface area contributed by atoms with Crippen LogP contribution in [0, 0.1) is 12.7 Å². The molecule has 0 amide bonds. The van der Waals surface area contributed by atoms with Crippen molar-refractivity contribution in [1.29, 1.82) is 0 Å². The molecule has 0 fully saturated rings. The number of halogens is 4. The SMILES string of the molecule is CNC(c1cc(Cl)cc(Cl)c1)c1cc(C)c(F)cc1Cl. The summed E-state index contributed by atoms with van der Waals surface area (Å²) in [6.07, 6.45) is 0. The Labute approximate surface area is 132 Å². The number of benzene rings is 2. The summed E-state index contributed by atoms with van der Waals surface area (Å²) in [6, 6.07) is 8.12. The van der Waals surface area contributed by atoms with Crippen molar-refractivity contribution in [3.8, 4) is 0 Å². The fourth-order valence-corrected chi connectivity index (χ4v) is 2.95. The van der Waals surface area contributed by atoms with E-state index in [0.29, 0.717) is 20.6 Å². The van der Waals surface area contributed by atoms with E-state index in [-0.39, 0.29) is 11.9 Å². The van der Waals surface area contributed by atoms with E-state index in [1.165, 1.54) is 6.07 Å². The second kappa shape index (κ2) is 6.31. The summed E-state index contributed by atoms with van der Waals surface area (Å²) in [5.74, 6) is -0.322. The molecule has 0 spiro atoms. The maximum Gasteiger partial charge on any atom is 0.127 e. The van der Waals surface area contributed by atoms with Crippen LogP contribution in [0.25, 0.3) is 0 Å². The van der Waals surface area contributed by atoms with Crippen molar-refractivity contribution in [2.75, 3.05) is 7.05 Å². The maximum absolute atomic E-state index is 13.5. The van der Waals surface area contributed by atoms with Gasteiger partial charge in [-0.1, -0.05) is 34.8 Å². The number of nitrogens with one attached hydrogen (secondary N) is 1. The molecule has 0 aromatic heterocycles. The van der Waals surface area contributed by atoms with Crippen LogP contribution in [-0.4, -0.2) is 7.05 Å². The Hall–Kier alpha value is -0.800. The van der Waals surface area contributed by atoms with Crippen molar-refractivity contribution in [3.05, 3.63) is 67.9 Å². The third-order valence-electron chi connectivity index (χ3n) is 3.10. The van der Waals surface area contributed by atoms with E-state index >= 15 is 0 Å². The molecule has 1 nitrogen and oxygen atoms in total. The molecule has 0 saturated heterocycles. The van der Waals surface area contributed by atoms with E-state index in [9.17, 15) is 4.39 Å². The smallest absolute Gasteiger partial charge is 0.127 e. The van der Waals surface area contributed by atoms with Gasteiger partial charge in [-0.15, -0.1) is 0 Å². The van der Waals surface area contributed by atoms with Gasteiger partial charge >= 0.3 is 0 Å². The van der Waals surface area contributed by atoms with Crippen molar-refractivity contribution in [1.82, 2.24) is 5.32 Å². The summed E-state index contributed by atoms with van der Waals surface area (Å²) in [5.41, 5.74) is 2.20. The van der Waals surface area contributed by atoms with Gasteiger partial charge in [0, 0.05) is 15.1 Å². The summed E-state index contributed by atoms with van der Waals surface area (Å²) in [7, 11) is 1.80. The zero-order valence-electron chi connectivity index (χ0n) is 11.0. The van der Waals surface area contributed by atoms with Gasteiger partial charge in [0.25, 0.3) is 0 Å². The first-order valence-electron chi connectivity index (χ1n) is 6.01. The summed E-state index contributed by atoms with van der Waals surface area (Å²) < 4.78 is 13.5. The van der Waals surface area contributed by atoms with Crippen LogP contribution < -0.4 is 5.32 Å². The molecule has 2 rings (SSSR count). The van der Waals surface area contributed by atoms with Gasteiger partial charge in [-0.25, -0.2) is 4.39 Å². The molecule has 0 radical (unpaired) electrons. The fraction of sp³-hybridized carbons (Fsp3) is 0.200. The molecular formula is C15H13Cl3FN. The predicted molar refractivity (Wildman–Crippen MR) is 83.5 cm³/mol. The van der Waals surface area contributed by atoms with Crippen LogP contribution in [0.2, 0.25) is 15.1 Å². The minimum absolute atomic E-state index is 0.210. The topological polar surface area (TPSA) is 12.0 Å². The zero-order valence-corrected chi connectivity index (χ0v) is 13.2. The first-order chi connectivity index (χ1) is 9.42. The Morgan fingerprint density at radius 1 is 1.00 bits per heavy atom. The van der Waals surface area contributed by atoms with Crippen LogP contribution in [-0.2, 0) is 0 Å². The molecule has 20 heavy (non-hydrogen) atoms. The summed E-state index contributed by atoms with van der Waals surface area (Å²) in [6.45, 7) is 1.70. The Bertz CT molecular complexity index is 623. The second-order valence-corrected chi connectivity index (χ2v) is 5.83. The fourth-order valence-electron chi connectivity index (χ4n) is 2.14. The van der Waals surface area contributed by atoms with Gasteiger partial charge in [-0.3, -0.25) is 0 Å². The largest absolute Gasteiger partial charge is 0.309 e. The molecule has 0 bridgehead atoms. The molecule has 0 saturated carbocycles. The highest BCUT2D eigenvalue weighted by atomic mass is 35.5. The van der Waals surface area contributed by atoms with Crippen molar-refractivity contribution in [2.45, 2.75) is 13.0 Å². The quantitative estimate of drug-likeness (QED) is 0.793. The summed E-state index contributed by atoms with van der Waals surface area (Å²) in [4.78, 5) is 0. The molecule has 2 aromatic rings. The van der Waals surface area contributed by atoms with Gasteiger partial charge in [0.15, 0.2) is 0 Å². The van der Waals surface area contributed by atoms with Crippen LogP contribution >= 0.6 is 34.8 Å². The lowest BCUT2D eigenvalue weighted by atomic mass is 9.97. The van der Waals surface area contributed by atoms with Gasteiger partial charge in [-0.05, 0) is 61.0 Å². The maximum atomic E-state index is 13.5. The molecule has 1 unspecified atom stereocenters. The van der Waals surface area contributed by atoms with Crippen LogP contribution in [0.1, 0.15) is 22.7 Å². The van der Waals surface area contributed by atoms with Crippen molar-refractivity contribution >= 4 is 34.8 Å². The Balaban J connectivity index is 2.55. The number of hydrogen-bond acceptors (Lipinski definition) is 1. The van der Waals surface area contributed by atoms with Crippen LogP contribution in [0.3, 0.4) is 0 Å². The van der Waals surface area contributed by atoms with Crippen molar-refractivity contribution in [2.24, 2.45) is 0 Å². The highest BCUT2D eigenvalue weighted by molar-refractivity contribution is 6.34. The van der Waals surface area contributed by atoms with E-state index in [2.05, 4.69) is 5.32 Å². The molecule has 0 aliphatic carbocycles. The average molecular weight is 333 g/mol. The number of hydrogen-bond donors (Lipinski definition) is 1. The van der Waals surface area contributed by atoms with Gasteiger partial charge in [0.05, 0.1) is 6.04 Å². The molecule has 2 aromatic carbocycles. The molecule has 1 N–H and O–H groups in total. The molecule has 0 aliphatic heterocycles. The molecule has 5 heteroatoms. The lowest BCUT2D eigenvalue weighted by Gasteiger charge is -2.20. The highest BCUT2D eigenvalue weighted by Crippen LogP contribution is 2.32. The van der Waals surface area contributed by atoms with Gasteiger partial charge < -0.3 is 5.32 Å². The van der Waals surface area contributed by atoms with E-state index in [1.807, 2.05) is 12.1 Å². The Morgan fingerprint density at radius 2 is 1.60 bits per heavy atom. The lowest BCUT2D eigenvalue weighted by Crippen LogP contribution is -2.18. The Morgan fingerprint density at radius 3 is 2.15 bits per heavy atom. The molecule has 0 heterocycles. The normalized spacial score (nSPS) is 12.5. The minimum Gasteiger partial charge on any atom is -0.309 e. The second-order valence-electron chi connectivity index (χ2n) is 4.55. The molecule has 106 valence electrons. The standard InChI is InChI=1S/C15H13Cl3FN/c1-8-3-12(13(18)7-14(8)19)15(20-2)9-4-10(16)6-11(17)5-9/h3-7,15,20H,1-2H3. The van der Waals surface area contributed by atoms with Crippen LogP contribution in [0.5, 0.6) is 0 Å². The van der Waals surface area contributed by atoms with Crippen LogP contribution in [0.4, 0.5) is 4.39 Å². The highest BCUT2D eigenvalue weighted by Gasteiger charge is 2.18. The van der Waals surface area contributed by atoms with E-state index in [1.54, 1.807) is 26.1 Å². The number of rotatable bonds is 3. The van der Waals surface area contributed by atoms with Crippen LogP contribution in [0.15, 0.2) is 30.3 Å². The summed E-state index contributed by atoms with van der Waals surface area (Å²) >= 11 is 18.2. The van der Waals surface area contributed by atoms with E-state index < -0.39 is 0 Å². The van der Waals surface area contributed by atoms with E-state index in [4.69, 9.17) is 34.8 Å². The molecular weight excluding hydrogens is 320 g/mol. The predicted octanol–water partition coefficient (Wildman–Crippen LogP) is 5.40. The third kappa shape index (κ3) is 3.26. The first kappa shape index (κ1) is 15.6. The average Bonchev–Trinajstić information content (AvgIpc) is 2.35. The van der Waals surface area contributed by atoms with Crippen molar-refractivity contribution < 1.29 is 4.39 Å². The monoisotopic (exact) mass is 331 g/mol. The van der Waals surface area contributed by atoms with Gasteiger partial charge in [-0.2, -0.15) is 0 Å². The number of aryl methyl sites for hydroxylation is 1. The summed E-state index contributed by atoms with van der Waals surface area (Å²) in [5, 5.41) is 4.61. The van der Waals surface area contributed by atoms with E-state index in [0.717, 1.165) is 11.1 Å². The van der Waals surface area contributed by atoms with Gasteiger partial charge in [0.2, 0.25) is 0 Å². The van der Waals surface area contributed by atoms with Crippen molar-refractivity contribution in [3.63, 3.8) is 0 Å².